The van der Waals surface area contributed by atoms with E-state index in [0.717, 1.165) is 16.2 Å². The first kappa shape index (κ1) is 24.2. The van der Waals surface area contributed by atoms with Crippen molar-refractivity contribution in [1.29, 1.82) is 0 Å². The van der Waals surface area contributed by atoms with Gasteiger partial charge in [0.15, 0.2) is 6.61 Å². The van der Waals surface area contributed by atoms with Crippen molar-refractivity contribution in [2.45, 2.75) is 12.5 Å². The zero-order valence-corrected chi connectivity index (χ0v) is 20.3. The van der Waals surface area contributed by atoms with Crippen molar-refractivity contribution in [3.63, 3.8) is 0 Å². The highest BCUT2D eigenvalue weighted by Crippen LogP contribution is 2.26. The van der Waals surface area contributed by atoms with Crippen LogP contribution in [0.2, 0.25) is 0 Å². The molecule has 8 heteroatoms. The van der Waals surface area contributed by atoms with Crippen LogP contribution in [0.15, 0.2) is 84.9 Å². The van der Waals surface area contributed by atoms with Gasteiger partial charge in [-0.2, -0.15) is 0 Å². The van der Waals surface area contributed by atoms with E-state index in [4.69, 9.17) is 4.74 Å². The van der Waals surface area contributed by atoms with Gasteiger partial charge in [-0.1, -0.05) is 60.7 Å². The highest BCUT2D eigenvalue weighted by atomic mass is 16.5. The average Bonchev–Trinajstić information content (AvgIpc) is 3.20. The van der Waals surface area contributed by atoms with Crippen LogP contribution >= 0.6 is 0 Å². The normalized spacial score (nSPS) is 15.9. The Labute approximate surface area is 215 Å². The monoisotopic (exact) mass is 497 g/mol. The Hall–Kier alpha value is -4.46. The lowest BCUT2D eigenvalue weighted by Crippen LogP contribution is -2.51. The highest BCUT2D eigenvalue weighted by molar-refractivity contribution is 6.22. The molecular formula is C29H27N3O5. The zero-order valence-electron chi connectivity index (χ0n) is 20.3. The van der Waals surface area contributed by atoms with E-state index >= 15 is 0 Å². The predicted octanol–water partition coefficient (Wildman–Crippen LogP) is 2.79. The summed E-state index contributed by atoms with van der Waals surface area (Å²) in [5.74, 6) is -2.17. The van der Waals surface area contributed by atoms with Gasteiger partial charge in [-0.15, -0.1) is 0 Å². The van der Waals surface area contributed by atoms with E-state index in [2.05, 4.69) is 4.90 Å². The van der Waals surface area contributed by atoms with E-state index < -0.39 is 30.4 Å². The minimum Gasteiger partial charge on any atom is -0.454 e. The lowest BCUT2D eigenvalue weighted by molar-refractivity contribution is -0.155. The van der Waals surface area contributed by atoms with E-state index in [0.29, 0.717) is 26.2 Å². The second kappa shape index (κ2) is 10.7. The van der Waals surface area contributed by atoms with Crippen molar-refractivity contribution < 1.29 is 23.9 Å². The van der Waals surface area contributed by atoms with Gasteiger partial charge in [-0.3, -0.25) is 19.3 Å². The number of rotatable bonds is 7. The summed E-state index contributed by atoms with van der Waals surface area (Å²) in [4.78, 5) is 57.1. The van der Waals surface area contributed by atoms with Crippen LogP contribution in [0.5, 0.6) is 0 Å². The van der Waals surface area contributed by atoms with E-state index in [1.807, 2.05) is 60.7 Å². The molecule has 3 amide bonds. The molecule has 2 heterocycles. The fraction of sp³-hybridized carbons (Fsp3) is 0.241. The Morgan fingerprint density at radius 2 is 1.27 bits per heavy atom. The number of hydrogen-bond donors (Lipinski definition) is 0. The summed E-state index contributed by atoms with van der Waals surface area (Å²) in [5.41, 5.74) is 2.38. The van der Waals surface area contributed by atoms with Gasteiger partial charge in [0.1, 0.15) is 6.04 Å². The van der Waals surface area contributed by atoms with Gasteiger partial charge >= 0.3 is 5.97 Å². The lowest BCUT2D eigenvalue weighted by atomic mass is 10.0. The summed E-state index contributed by atoms with van der Waals surface area (Å²) in [6.45, 7) is 1.93. The maximum atomic E-state index is 13.3. The number of amides is 3. The van der Waals surface area contributed by atoms with Gasteiger partial charge in [-0.05, 0) is 29.8 Å². The molecule has 0 N–H and O–H groups in total. The van der Waals surface area contributed by atoms with Crippen LogP contribution in [0.3, 0.4) is 0 Å². The molecule has 1 saturated heterocycles. The van der Waals surface area contributed by atoms with Gasteiger partial charge in [-0.25, -0.2) is 4.79 Å². The molecule has 37 heavy (non-hydrogen) atoms. The first-order chi connectivity index (χ1) is 18.0. The fourth-order valence-corrected chi connectivity index (χ4v) is 4.78. The van der Waals surface area contributed by atoms with Crippen molar-refractivity contribution in [3.8, 4) is 0 Å². The van der Waals surface area contributed by atoms with Crippen LogP contribution < -0.4 is 4.90 Å². The molecule has 8 nitrogen and oxygen atoms in total. The molecule has 1 fully saturated rings. The van der Waals surface area contributed by atoms with Crippen molar-refractivity contribution in [2.24, 2.45) is 0 Å². The van der Waals surface area contributed by atoms with Gasteiger partial charge in [0.25, 0.3) is 17.7 Å². The lowest BCUT2D eigenvalue weighted by Gasteiger charge is -2.36. The Bertz CT molecular complexity index is 1270. The van der Waals surface area contributed by atoms with E-state index in [1.165, 1.54) is 0 Å². The van der Waals surface area contributed by atoms with E-state index in [9.17, 15) is 19.2 Å². The summed E-state index contributed by atoms with van der Waals surface area (Å²) in [6.07, 6.45) is 0.0923. The van der Waals surface area contributed by atoms with Gasteiger partial charge < -0.3 is 14.5 Å². The van der Waals surface area contributed by atoms with Crippen LogP contribution in [0.1, 0.15) is 26.3 Å². The topological polar surface area (TPSA) is 87.2 Å². The molecule has 0 aliphatic carbocycles. The molecule has 0 spiro atoms. The number of imide groups is 1. The number of para-hydroxylation sites is 1. The third-order valence-corrected chi connectivity index (χ3v) is 6.77. The maximum Gasteiger partial charge on any atom is 0.330 e. The maximum absolute atomic E-state index is 13.3. The number of esters is 1. The van der Waals surface area contributed by atoms with Gasteiger partial charge in [0.05, 0.1) is 11.1 Å². The number of benzene rings is 3. The Kier molecular flexibility index (Phi) is 6.98. The van der Waals surface area contributed by atoms with Crippen LogP contribution in [0, 0.1) is 0 Å². The minimum atomic E-state index is -1.18. The molecule has 2 aliphatic heterocycles. The van der Waals surface area contributed by atoms with Crippen LogP contribution in [0.4, 0.5) is 5.69 Å². The highest BCUT2D eigenvalue weighted by Gasteiger charge is 2.43. The Balaban J connectivity index is 1.25. The van der Waals surface area contributed by atoms with Crippen LogP contribution in [-0.2, 0) is 20.7 Å². The second-order valence-corrected chi connectivity index (χ2v) is 9.04. The van der Waals surface area contributed by atoms with Crippen molar-refractivity contribution >= 4 is 29.4 Å². The molecule has 0 aromatic heterocycles. The standard InChI is InChI=1S/C29H27N3O5/c33-26(31-17-15-30(16-18-31)22-11-5-2-6-12-22)20-37-29(36)25(19-21-9-3-1-4-10-21)32-27(34)23-13-7-8-14-24(23)28(32)35/h1-14,25H,15-20H2. The van der Waals surface area contributed by atoms with Crippen LogP contribution in [-0.4, -0.2) is 72.3 Å². The van der Waals surface area contributed by atoms with Crippen LogP contribution in [0.25, 0.3) is 0 Å². The third kappa shape index (κ3) is 5.09. The quantitative estimate of drug-likeness (QED) is 0.369. The SMILES string of the molecule is O=C(OCC(=O)N1CCN(c2ccccc2)CC1)C(Cc1ccccc1)N1C(=O)c2ccccc2C1=O. The molecule has 3 aromatic carbocycles. The first-order valence-corrected chi connectivity index (χ1v) is 12.3. The summed E-state index contributed by atoms with van der Waals surface area (Å²) in [7, 11) is 0. The molecule has 5 rings (SSSR count). The van der Waals surface area contributed by atoms with Crippen molar-refractivity contribution in [2.75, 3.05) is 37.7 Å². The molecule has 0 bridgehead atoms. The molecular weight excluding hydrogens is 470 g/mol. The molecule has 2 aliphatic rings. The number of anilines is 1. The second-order valence-electron chi connectivity index (χ2n) is 9.04. The van der Waals surface area contributed by atoms with Crippen molar-refractivity contribution in [3.05, 3.63) is 102 Å². The number of carbonyl (C=O) groups is 4. The van der Waals surface area contributed by atoms with E-state index in [-0.39, 0.29) is 23.5 Å². The summed E-state index contributed by atoms with van der Waals surface area (Å²) >= 11 is 0. The summed E-state index contributed by atoms with van der Waals surface area (Å²) in [5, 5.41) is 0. The number of nitrogens with zero attached hydrogens (tertiary/aromatic N) is 3. The average molecular weight is 498 g/mol. The molecule has 0 saturated carbocycles. The van der Waals surface area contributed by atoms with Crippen molar-refractivity contribution in [1.82, 2.24) is 9.80 Å². The number of hydrogen-bond acceptors (Lipinski definition) is 6. The van der Waals surface area contributed by atoms with Gasteiger partial charge in [0.2, 0.25) is 0 Å². The Morgan fingerprint density at radius 3 is 1.86 bits per heavy atom. The number of carbonyl (C=O) groups excluding carboxylic acids is 4. The van der Waals surface area contributed by atoms with E-state index in [1.54, 1.807) is 29.2 Å². The number of piperazine rings is 1. The molecule has 1 atom stereocenters. The molecule has 3 aromatic rings. The summed E-state index contributed by atoms with van der Waals surface area (Å²) in [6, 6.07) is 24.4. The third-order valence-electron chi connectivity index (χ3n) is 6.77. The minimum absolute atomic E-state index is 0.0923. The zero-order chi connectivity index (χ0) is 25.8. The number of ether oxygens (including phenoxy) is 1. The predicted molar refractivity (Wildman–Crippen MR) is 137 cm³/mol. The molecule has 0 radical (unpaired) electrons. The summed E-state index contributed by atoms with van der Waals surface area (Å²) < 4.78 is 5.42. The molecule has 188 valence electrons. The first-order valence-electron chi connectivity index (χ1n) is 12.3. The number of fused-ring (bicyclic) bond motifs is 1. The largest absolute Gasteiger partial charge is 0.454 e. The fourth-order valence-electron chi connectivity index (χ4n) is 4.78. The smallest absolute Gasteiger partial charge is 0.330 e. The van der Waals surface area contributed by atoms with Gasteiger partial charge in [0, 0.05) is 38.3 Å². The molecule has 1 unspecified atom stereocenters. The Morgan fingerprint density at radius 1 is 0.730 bits per heavy atom.